The Balaban J connectivity index is 1.55. The molecule has 2 aliphatic carbocycles. The maximum Gasteiger partial charge on any atom is 0.323 e. The number of esters is 1. The molecule has 1 aromatic rings. The second kappa shape index (κ2) is 7.33. The molecular weight excluding hydrogens is 420 g/mol. The van der Waals surface area contributed by atoms with E-state index in [0.717, 1.165) is 30.5 Å². The van der Waals surface area contributed by atoms with Crippen molar-refractivity contribution in [2.45, 2.75) is 101 Å². The fourth-order valence-corrected chi connectivity index (χ4v) is 7.05. The van der Waals surface area contributed by atoms with E-state index < -0.39 is 22.7 Å². The highest BCUT2D eigenvalue weighted by Gasteiger charge is 2.72. The molecule has 2 fully saturated rings. The lowest BCUT2D eigenvalue weighted by atomic mass is 9.48. The number of likely N-dealkylation sites (N-methyl/N-ethyl adjacent to an activating group) is 1. The maximum atomic E-state index is 13.1. The van der Waals surface area contributed by atoms with Crippen molar-refractivity contribution in [3.63, 3.8) is 0 Å². The Hall–Kier alpha value is -1.83. The Morgan fingerprint density at radius 3 is 2.70 bits per heavy atom. The number of hydrogen-bond acceptors (Lipinski definition) is 7. The minimum atomic E-state index is -0.936. The predicted molar refractivity (Wildman–Crippen MR) is 125 cm³/mol. The van der Waals surface area contributed by atoms with Gasteiger partial charge in [-0.3, -0.25) is 10.1 Å². The smallest absolute Gasteiger partial charge is 0.323 e. The number of benzene rings is 1. The highest BCUT2D eigenvalue weighted by Crippen LogP contribution is 2.65. The first-order valence-corrected chi connectivity index (χ1v) is 12.3. The molecule has 7 nitrogen and oxygen atoms in total. The zero-order valence-electron chi connectivity index (χ0n) is 20.6. The zero-order chi connectivity index (χ0) is 23.9. The van der Waals surface area contributed by atoms with Crippen molar-refractivity contribution < 1.29 is 24.5 Å². The lowest BCUT2D eigenvalue weighted by Crippen LogP contribution is -2.78. The predicted octanol–water partition coefficient (Wildman–Crippen LogP) is 2.50. The Kier molecular flexibility index (Phi) is 5.10. The molecule has 6 atom stereocenters. The Bertz CT molecular complexity index is 972. The maximum absolute atomic E-state index is 13.1. The number of aromatic hydroxyl groups is 1. The molecule has 3 N–H and O–H groups in total. The summed E-state index contributed by atoms with van der Waals surface area (Å²) in [6.45, 7) is 10.5. The average molecular weight is 459 g/mol. The highest BCUT2D eigenvalue weighted by atomic mass is 16.6. The van der Waals surface area contributed by atoms with Gasteiger partial charge in [0.2, 0.25) is 0 Å². The molecule has 5 rings (SSSR count). The summed E-state index contributed by atoms with van der Waals surface area (Å²) < 4.78 is 12.3. The number of hydrogen-bond donors (Lipinski definition) is 3. The Morgan fingerprint density at radius 2 is 2.03 bits per heavy atom. The van der Waals surface area contributed by atoms with E-state index >= 15 is 0 Å². The quantitative estimate of drug-likeness (QED) is 0.597. The molecule has 1 saturated heterocycles. The lowest BCUT2D eigenvalue weighted by molar-refractivity contribution is -0.188. The average Bonchev–Trinajstić information content (AvgIpc) is 3.06. The van der Waals surface area contributed by atoms with E-state index in [4.69, 9.17) is 9.47 Å². The van der Waals surface area contributed by atoms with Gasteiger partial charge in [-0.2, -0.15) is 0 Å². The third kappa shape index (κ3) is 3.15. The van der Waals surface area contributed by atoms with Crippen molar-refractivity contribution in [3.8, 4) is 11.5 Å². The minimum absolute atomic E-state index is 0.00745. The van der Waals surface area contributed by atoms with Crippen LogP contribution in [-0.4, -0.2) is 70.1 Å². The van der Waals surface area contributed by atoms with E-state index in [2.05, 4.69) is 17.3 Å². The highest BCUT2D eigenvalue weighted by molar-refractivity contribution is 5.76. The van der Waals surface area contributed by atoms with Gasteiger partial charge in [-0.1, -0.05) is 19.9 Å². The van der Waals surface area contributed by atoms with Crippen molar-refractivity contribution >= 4 is 5.97 Å². The van der Waals surface area contributed by atoms with Crippen molar-refractivity contribution in [1.82, 2.24) is 10.2 Å². The van der Waals surface area contributed by atoms with Crippen LogP contribution in [0.15, 0.2) is 12.1 Å². The number of nitrogens with one attached hydrogen (secondary N) is 1. The van der Waals surface area contributed by atoms with Crippen molar-refractivity contribution in [2.75, 3.05) is 13.6 Å². The normalized spacial score (nSPS) is 35.7. The van der Waals surface area contributed by atoms with E-state index in [0.29, 0.717) is 18.6 Å². The van der Waals surface area contributed by atoms with Crippen LogP contribution in [0, 0.1) is 5.92 Å². The summed E-state index contributed by atoms with van der Waals surface area (Å²) in [4.78, 5) is 15.3. The van der Waals surface area contributed by atoms with Crippen LogP contribution in [-0.2, 0) is 21.4 Å². The third-order valence-corrected chi connectivity index (χ3v) is 8.45. The van der Waals surface area contributed by atoms with Crippen LogP contribution in [0.2, 0.25) is 0 Å². The molecule has 2 aliphatic heterocycles. The summed E-state index contributed by atoms with van der Waals surface area (Å²) in [5.74, 6) is 0.414. The van der Waals surface area contributed by atoms with Gasteiger partial charge in [0.05, 0.1) is 11.0 Å². The minimum Gasteiger partial charge on any atom is -0.504 e. The molecule has 33 heavy (non-hydrogen) atoms. The molecular formula is C26H38N2O5. The number of likely N-dealkylation sites (tertiary alicyclic amines) is 1. The van der Waals surface area contributed by atoms with Crippen LogP contribution in [0.4, 0.5) is 0 Å². The van der Waals surface area contributed by atoms with Crippen molar-refractivity contribution in [2.24, 2.45) is 5.92 Å². The number of piperidine rings is 1. The number of carbonyl (C=O) groups excluding carboxylic acids is 1. The summed E-state index contributed by atoms with van der Waals surface area (Å²) in [5, 5.41) is 26.6. The number of phenolic OH excluding ortho intramolecular Hbond substituents is 1. The van der Waals surface area contributed by atoms with E-state index in [1.165, 1.54) is 0 Å². The van der Waals surface area contributed by atoms with Crippen molar-refractivity contribution in [1.29, 1.82) is 0 Å². The SMILES string of the molecule is CC(C)[C@@H](N[C@H]1CC[C@@]2(O)[C@H]3Cc4ccc(O)c5c4[C@@]2(CCN3C)[C@H]1O5)C(=O)OC(C)(C)C. The van der Waals surface area contributed by atoms with Gasteiger partial charge in [0.25, 0.3) is 0 Å². The van der Waals surface area contributed by atoms with Crippen LogP contribution < -0.4 is 10.1 Å². The molecule has 1 saturated carbocycles. The van der Waals surface area contributed by atoms with E-state index in [1.54, 1.807) is 6.07 Å². The number of ether oxygens (including phenoxy) is 2. The largest absolute Gasteiger partial charge is 0.504 e. The van der Waals surface area contributed by atoms with Crippen LogP contribution in [0.1, 0.15) is 65.0 Å². The number of nitrogens with zero attached hydrogens (tertiary/aromatic N) is 1. The Labute approximate surface area is 196 Å². The summed E-state index contributed by atoms with van der Waals surface area (Å²) in [6.07, 6.45) is 2.44. The number of rotatable bonds is 4. The molecule has 1 aromatic carbocycles. The zero-order valence-corrected chi connectivity index (χ0v) is 20.6. The van der Waals surface area contributed by atoms with Crippen molar-refractivity contribution in [3.05, 3.63) is 23.3 Å². The number of aliphatic hydroxyl groups is 1. The summed E-state index contributed by atoms with van der Waals surface area (Å²) in [5.41, 5.74) is 0.0395. The fourth-order valence-electron chi connectivity index (χ4n) is 7.05. The van der Waals surface area contributed by atoms with Gasteiger partial charge < -0.3 is 24.6 Å². The number of phenols is 1. The summed E-state index contributed by atoms with van der Waals surface area (Å²) in [6, 6.07) is 3.08. The Morgan fingerprint density at radius 1 is 1.30 bits per heavy atom. The second-order valence-electron chi connectivity index (χ2n) is 11.9. The molecule has 0 unspecified atom stereocenters. The van der Waals surface area contributed by atoms with Crippen LogP contribution >= 0.6 is 0 Å². The van der Waals surface area contributed by atoms with Crippen LogP contribution in [0.25, 0.3) is 0 Å². The molecule has 4 aliphatic rings. The lowest BCUT2D eigenvalue weighted by Gasteiger charge is -2.63. The first kappa shape index (κ1) is 22.9. The molecule has 0 amide bonds. The van der Waals surface area contributed by atoms with Gasteiger partial charge in [-0.15, -0.1) is 0 Å². The molecule has 7 heteroatoms. The molecule has 1 spiro atoms. The summed E-state index contributed by atoms with van der Waals surface area (Å²) in [7, 11) is 2.09. The van der Waals surface area contributed by atoms with E-state index in [1.807, 2.05) is 40.7 Å². The van der Waals surface area contributed by atoms with Gasteiger partial charge in [0, 0.05) is 17.6 Å². The van der Waals surface area contributed by atoms with Gasteiger partial charge in [0.15, 0.2) is 11.5 Å². The van der Waals surface area contributed by atoms with Crippen LogP contribution in [0.5, 0.6) is 11.5 Å². The second-order valence-corrected chi connectivity index (χ2v) is 11.9. The van der Waals surface area contributed by atoms with E-state index in [9.17, 15) is 15.0 Å². The van der Waals surface area contributed by atoms with Gasteiger partial charge in [-0.25, -0.2) is 0 Å². The monoisotopic (exact) mass is 458 g/mol. The first-order chi connectivity index (χ1) is 15.4. The first-order valence-electron chi connectivity index (χ1n) is 12.3. The molecule has 2 bridgehead atoms. The third-order valence-electron chi connectivity index (χ3n) is 8.45. The summed E-state index contributed by atoms with van der Waals surface area (Å²) >= 11 is 0. The van der Waals surface area contributed by atoms with Gasteiger partial charge >= 0.3 is 5.97 Å². The van der Waals surface area contributed by atoms with Crippen LogP contribution in [0.3, 0.4) is 0 Å². The number of carbonyl (C=O) groups is 1. The topological polar surface area (TPSA) is 91.3 Å². The van der Waals surface area contributed by atoms with Gasteiger partial charge in [0.1, 0.15) is 17.7 Å². The standard InChI is InChI=1S/C26H38N2O5/c1-14(2)20(23(30)33-24(3,4)5)27-16-9-10-26(31)18-13-15-7-8-17(29)21-19(15)25(26,22(16)32-21)11-12-28(18)6/h7-8,14,16,18,20,22,27,29,31H,9-13H2,1-6H3/t16-,18+,20+,22-,25-,26+/m0/s1. The molecule has 2 heterocycles. The molecule has 182 valence electrons. The van der Waals surface area contributed by atoms with E-state index in [-0.39, 0.29) is 35.8 Å². The van der Waals surface area contributed by atoms with Gasteiger partial charge in [-0.05, 0) is 77.6 Å². The molecule has 0 radical (unpaired) electrons. The molecule has 0 aromatic heterocycles. The fraction of sp³-hybridized carbons (Fsp3) is 0.731.